The Labute approximate surface area is 298 Å². The van der Waals surface area contributed by atoms with E-state index >= 15 is 0 Å². The number of alkyl halides is 6. The summed E-state index contributed by atoms with van der Waals surface area (Å²) in [5.74, 6) is -4.76. The van der Waals surface area contributed by atoms with E-state index in [2.05, 4.69) is 47.9 Å². The molecule has 3 atom stereocenters. The Balaban J connectivity index is 0.000000979. The highest BCUT2D eigenvalue weighted by molar-refractivity contribution is 6.32. The number of carbonyl (C=O) groups is 2. The molecule has 3 heterocycles. The monoisotopic (exact) mass is 753 g/mol. The molecule has 0 radical (unpaired) electrons. The zero-order chi connectivity index (χ0) is 38.1. The molecule has 12 nitrogen and oxygen atoms in total. The number of hydrogen-bond acceptors (Lipinski definition) is 8. The number of hydrogen-bond donors (Lipinski definition) is 2. The van der Waals surface area contributed by atoms with Gasteiger partial charge in [-0.1, -0.05) is 69.6 Å². The Kier molecular flexibility index (Phi) is 10.9. The highest BCUT2D eigenvalue weighted by Gasteiger charge is 2.58. The molecule has 278 valence electrons. The first-order chi connectivity index (χ1) is 24.3. The summed E-state index contributed by atoms with van der Waals surface area (Å²) in [6.45, 7) is 5.31. The summed E-state index contributed by atoms with van der Waals surface area (Å²) in [5, 5.41) is 9.45. The van der Waals surface area contributed by atoms with Crippen molar-refractivity contribution in [1.82, 2.24) is 34.8 Å². The second-order valence-electron chi connectivity index (χ2n) is 13.5. The smallest absolute Gasteiger partial charge is 0.407 e. The third kappa shape index (κ3) is 8.83. The Morgan fingerprint density at radius 1 is 1.08 bits per heavy atom. The number of ether oxygens (including phenoxy) is 1. The fourth-order valence-corrected chi connectivity index (χ4v) is 5.19. The lowest BCUT2D eigenvalue weighted by atomic mass is 10.0. The predicted molar refractivity (Wildman–Crippen MR) is 177 cm³/mol. The van der Waals surface area contributed by atoms with Gasteiger partial charge in [0.15, 0.2) is 17.8 Å². The molecule has 3 N–H and O–H groups in total. The van der Waals surface area contributed by atoms with E-state index in [1.54, 1.807) is 24.3 Å². The minimum absolute atomic E-state index is 0.0130. The number of nitrogens with two attached hydrogens (primary N) is 1. The topological polar surface area (TPSA) is 146 Å². The van der Waals surface area contributed by atoms with Crippen molar-refractivity contribution >= 4 is 29.6 Å². The van der Waals surface area contributed by atoms with Gasteiger partial charge in [0.25, 0.3) is 18.3 Å². The van der Waals surface area contributed by atoms with Crippen LogP contribution in [0.5, 0.6) is 0 Å². The standard InChI is InChI=1S/C28H22ClF6N9O3.C5H12/c29-17-6-5-15(7-18(17)44-23(22(30)31)37-12-39-44)19(11-47-27(46)40-20-8-28(20,34)35)43-24(45)21(41-26(43)36)14-3-1-13(2-4-14)16-9-38-42(10-16)25(32)33;1-5(2,3)4/h1-7,9-10,12,19-22,25H,8,11H2,(H2,36,41)(H,40,46);1-4H3/t19-,20-,21-;/m1./s1. The molecular weight excluding hydrogens is 720 g/mol. The lowest BCUT2D eigenvalue weighted by Crippen LogP contribution is -2.43. The molecule has 0 bridgehead atoms. The average molecular weight is 754 g/mol. The van der Waals surface area contributed by atoms with E-state index in [4.69, 9.17) is 22.1 Å². The Bertz CT molecular complexity index is 1940. The number of benzene rings is 2. The van der Waals surface area contributed by atoms with Gasteiger partial charge in [0.2, 0.25) is 0 Å². The molecule has 2 aromatic carbocycles. The number of aliphatic imine (C=N–C) groups is 1. The van der Waals surface area contributed by atoms with E-state index in [9.17, 15) is 35.9 Å². The van der Waals surface area contributed by atoms with Crippen LogP contribution in [0.25, 0.3) is 16.8 Å². The van der Waals surface area contributed by atoms with Gasteiger partial charge >= 0.3 is 12.6 Å². The van der Waals surface area contributed by atoms with Gasteiger partial charge in [-0.15, -0.1) is 0 Å². The highest BCUT2D eigenvalue weighted by atomic mass is 35.5. The van der Waals surface area contributed by atoms with Gasteiger partial charge in [-0.2, -0.15) is 19.0 Å². The van der Waals surface area contributed by atoms with Crippen LogP contribution in [0.1, 0.15) is 76.1 Å². The van der Waals surface area contributed by atoms with Crippen molar-refractivity contribution in [1.29, 1.82) is 0 Å². The normalized spacial score (nSPS) is 18.6. The van der Waals surface area contributed by atoms with Crippen LogP contribution in [-0.4, -0.2) is 66.0 Å². The Morgan fingerprint density at radius 2 is 1.73 bits per heavy atom. The van der Waals surface area contributed by atoms with Gasteiger partial charge in [0, 0.05) is 18.2 Å². The maximum atomic E-state index is 13.8. The molecule has 2 aliphatic rings. The summed E-state index contributed by atoms with van der Waals surface area (Å²) >= 11 is 6.31. The number of amides is 2. The van der Waals surface area contributed by atoms with Crippen molar-refractivity contribution in [3.63, 3.8) is 0 Å². The molecular formula is C33H34ClF6N9O3. The number of guanidine groups is 1. The fraction of sp³-hybridized carbons (Fsp3) is 0.394. The summed E-state index contributed by atoms with van der Waals surface area (Å²) in [5.41, 5.74) is 8.16. The first kappa shape index (κ1) is 38.1. The van der Waals surface area contributed by atoms with E-state index in [-0.39, 0.29) is 22.2 Å². The number of aromatic nitrogens is 5. The van der Waals surface area contributed by atoms with Crippen molar-refractivity contribution < 1.29 is 40.7 Å². The van der Waals surface area contributed by atoms with Crippen molar-refractivity contribution in [2.45, 2.75) is 71.1 Å². The average Bonchev–Trinajstić information content (AvgIpc) is 3.54. The van der Waals surface area contributed by atoms with Crippen LogP contribution in [0.2, 0.25) is 5.02 Å². The van der Waals surface area contributed by atoms with Crippen molar-refractivity contribution in [2.24, 2.45) is 16.1 Å². The molecule has 0 saturated heterocycles. The Morgan fingerprint density at radius 3 is 2.31 bits per heavy atom. The van der Waals surface area contributed by atoms with Crippen LogP contribution in [0.15, 0.2) is 66.2 Å². The zero-order valence-corrected chi connectivity index (χ0v) is 28.9. The molecule has 0 spiro atoms. The predicted octanol–water partition coefficient (Wildman–Crippen LogP) is 7.24. The van der Waals surface area contributed by atoms with Crippen LogP contribution < -0.4 is 11.1 Å². The zero-order valence-electron chi connectivity index (χ0n) is 28.2. The van der Waals surface area contributed by atoms with E-state index < -0.39 is 67.9 Å². The quantitative estimate of drug-likeness (QED) is 0.162. The van der Waals surface area contributed by atoms with Gasteiger partial charge in [0.1, 0.15) is 19.0 Å². The van der Waals surface area contributed by atoms with Gasteiger partial charge in [-0.3, -0.25) is 9.69 Å². The number of carbonyl (C=O) groups excluding carboxylic acids is 2. The molecule has 2 aromatic heterocycles. The molecule has 1 aliphatic carbocycles. The number of alkyl carbamates (subject to hydrolysis) is 1. The summed E-state index contributed by atoms with van der Waals surface area (Å²) in [4.78, 5) is 35.1. The molecule has 1 saturated carbocycles. The first-order valence-electron chi connectivity index (χ1n) is 15.7. The molecule has 1 aliphatic heterocycles. The van der Waals surface area contributed by atoms with E-state index in [0.29, 0.717) is 26.8 Å². The van der Waals surface area contributed by atoms with Crippen LogP contribution >= 0.6 is 11.6 Å². The Hall–Kier alpha value is -5.13. The van der Waals surface area contributed by atoms with Crippen molar-refractivity contribution in [2.75, 3.05) is 6.61 Å². The highest BCUT2D eigenvalue weighted by Crippen LogP contribution is 2.42. The van der Waals surface area contributed by atoms with Crippen LogP contribution in [0.3, 0.4) is 0 Å². The second kappa shape index (κ2) is 14.8. The van der Waals surface area contributed by atoms with Crippen molar-refractivity contribution in [3.8, 4) is 16.8 Å². The van der Waals surface area contributed by atoms with Crippen LogP contribution in [0, 0.1) is 5.41 Å². The van der Waals surface area contributed by atoms with Crippen LogP contribution in [-0.2, 0) is 9.53 Å². The molecule has 1 fully saturated rings. The van der Waals surface area contributed by atoms with E-state index in [1.165, 1.54) is 24.4 Å². The maximum absolute atomic E-state index is 13.8. The second-order valence-corrected chi connectivity index (χ2v) is 13.9. The molecule has 52 heavy (non-hydrogen) atoms. The summed E-state index contributed by atoms with van der Waals surface area (Å²) in [7, 11) is 0. The minimum Gasteiger partial charge on any atom is -0.447 e. The largest absolute Gasteiger partial charge is 0.447 e. The van der Waals surface area contributed by atoms with Gasteiger partial charge in [-0.05, 0) is 34.2 Å². The minimum atomic E-state index is -3.07. The number of rotatable bonds is 10. The van der Waals surface area contributed by atoms with Gasteiger partial charge < -0.3 is 15.8 Å². The van der Waals surface area contributed by atoms with Crippen LogP contribution in [0.4, 0.5) is 31.1 Å². The molecule has 19 heteroatoms. The summed E-state index contributed by atoms with van der Waals surface area (Å²) in [6.07, 6.45) is -1.45. The summed E-state index contributed by atoms with van der Waals surface area (Å²) in [6, 6.07) is 6.48. The number of nitrogens with one attached hydrogen (secondary N) is 1. The third-order valence-corrected chi connectivity index (χ3v) is 7.81. The SMILES string of the molecule is CC(C)(C)C.NC1=N[C@H](c2ccc(-c3cnn(C(F)F)c3)cc2)C(=O)N1[C@H](COC(=O)N[C@@H]1CC1(F)F)c1ccc(Cl)c(-n2ncnc2C(F)F)c1. The first-order valence-corrected chi connectivity index (χ1v) is 16.1. The van der Waals surface area contributed by atoms with E-state index in [1.807, 2.05) is 5.32 Å². The van der Waals surface area contributed by atoms with Gasteiger partial charge in [-0.25, -0.2) is 41.7 Å². The molecule has 4 aromatic rings. The van der Waals surface area contributed by atoms with Gasteiger partial charge in [0.05, 0.1) is 22.9 Å². The lowest BCUT2D eigenvalue weighted by molar-refractivity contribution is -0.129. The fourth-order valence-electron chi connectivity index (χ4n) is 4.99. The lowest BCUT2D eigenvalue weighted by Gasteiger charge is -2.28. The van der Waals surface area contributed by atoms with Crippen molar-refractivity contribution in [3.05, 3.63) is 83.2 Å². The molecule has 2 amide bonds. The third-order valence-electron chi connectivity index (χ3n) is 7.50. The van der Waals surface area contributed by atoms with E-state index in [0.717, 1.165) is 22.1 Å². The molecule has 6 rings (SSSR count). The summed E-state index contributed by atoms with van der Waals surface area (Å²) < 4.78 is 86.4. The maximum Gasteiger partial charge on any atom is 0.407 e. The number of halogens is 7. The molecule has 0 unspecified atom stereocenters. The number of nitrogens with zero attached hydrogens (tertiary/aromatic N) is 7.